The van der Waals surface area contributed by atoms with E-state index in [0.717, 1.165) is 26.9 Å². The molecule has 11 heteroatoms. The lowest BCUT2D eigenvalue weighted by molar-refractivity contribution is 0.306. The van der Waals surface area contributed by atoms with E-state index in [9.17, 15) is 8.42 Å². The Hall–Kier alpha value is -1.82. The summed E-state index contributed by atoms with van der Waals surface area (Å²) in [5, 5.41) is 0.711. The Morgan fingerprint density at radius 2 is 2.11 bits per heavy atom. The van der Waals surface area contributed by atoms with Crippen molar-refractivity contribution in [2.75, 3.05) is 25.7 Å². The smallest absolute Gasteiger partial charge is 0.264 e. The normalized spacial score (nSPS) is 11.8. The van der Waals surface area contributed by atoms with E-state index in [1.165, 1.54) is 11.8 Å². The van der Waals surface area contributed by atoms with Gasteiger partial charge in [-0.05, 0) is 46.6 Å². The summed E-state index contributed by atoms with van der Waals surface area (Å²) in [6.45, 7) is 0.603. The molecule has 2 N–H and O–H groups in total. The number of aryl methyl sites for hydroxylation is 1. The van der Waals surface area contributed by atoms with Gasteiger partial charge in [-0.3, -0.25) is 4.18 Å². The van der Waals surface area contributed by atoms with Gasteiger partial charge < -0.3 is 15.0 Å². The number of ether oxygens (including phenoxy) is 1. The van der Waals surface area contributed by atoms with E-state index < -0.39 is 10.1 Å². The lowest BCUT2D eigenvalue weighted by Crippen LogP contribution is -2.08. The minimum atomic E-state index is -3.47. The maximum atomic E-state index is 11.2. The molecule has 0 aliphatic heterocycles. The fourth-order valence-electron chi connectivity index (χ4n) is 2.57. The molecule has 2 aromatic heterocycles. The number of rotatable bonds is 8. The van der Waals surface area contributed by atoms with Crippen LogP contribution in [0.15, 0.2) is 45.0 Å². The third kappa shape index (κ3) is 4.96. The fraction of sp³-hybridized carbons (Fsp3) is 0.294. The molecule has 0 spiro atoms. The van der Waals surface area contributed by atoms with Crippen molar-refractivity contribution in [2.24, 2.45) is 0 Å². The van der Waals surface area contributed by atoms with E-state index in [-0.39, 0.29) is 6.61 Å². The molecule has 0 saturated carbocycles. The molecule has 0 fully saturated rings. The first kappa shape index (κ1) is 20.9. The minimum Gasteiger partial charge on any atom is -0.497 e. The number of imidazole rings is 1. The second-order valence-electron chi connectivity index (χ2n) is 5.89. The molecule has 2 heterocycles. The SMILES string of the molecule is COc1ccc(Br)c(Sc2nc3c(N)nccc3n2CCCOS(C)(=O)=O)c1. The summed E-state index contributed by atoms with van der Waals surface area (Å²) in [5.74, 6) is 1.08. The van der Waals surface area contributed by atoms with Gasteiger partial charge in [0, 0.05) is 22.1 Å². The molecule has 0 aliphatic carbocycles. The van der Waals surface area contributed by atoms with E-state index >= 15 is 0 Å². The number of fused-ring (bicyclic) bond motifs is 1. The number of anilines is 1. The third-order valence-corrected chi connectivity index (χ3v) is 6.42. The van der Waals surface area contributed by atoms with Gasteiger partial charge in [0.15, 0.2) is 11.0 Å². The van der Waals surface area contributed by atoms with Crippen LogP contribution in [0, 0.1) is 0 Å². The lowest BCUT2D eigenvalue weighted by atomic mass is 10.3. The number of aromatic nitrogens is 3. The van der Waals surface area contributed by atoms with Crippen molar-refractivity contribution < 1.29 is 17.3 Å². The first-order valence-corrected chi connectivity index (χ1v) is 11.7. The molecule has 1 aromatic carbocycles. The number of hydrogen-bond donors (Lipinski definition) is 1. The highest BCUT2D eigenvalue weighted by atomic mass is 79.9. The van der Waals surface area contributed by atoms with E-state index in [0.29, 0.717) is 29.5 Å². The van der Waals surface area contributed by atoms with Gasteiger partial charge >= 0.3 is 0 Å². The molecule has 0 aliphatic rings. The Morgan fingerprint density at radius 3 is 2.82 bits per heavy atom. The largest absolute Gasteiger partial charge is 0.497 e. The monoisotopic (exact) mass is 486 g/mol. The lowest BCUT2D eigenvalue weighted by Gasteiger charge is -2.10. The molecule has 3 rings (SSSR count). The number of halogens is 1. The molecule has 0 bridgehead atoms. The van der Waals surface area contributed by atoms with Crippen LogP contribution in [0.3, 0.4) is 0 Å². The van der Waals surface area contributed by atoms with Crippen LogP contribution in [0.4, 0.5) is 5.82 Å². The molecule has 0 radical (unpaired) electrons. The number of nitrogens with zero attached hydrogens (tertiary/aromatic N) is 3. The van der Waals surface area contributed by atoms with Crippen LogP contribution in [-0.2, 0) is 20.8 Å². The Kier molecular flexibility index (Phi) is 6.48. The molecule has 3 aromatic rings. The molecule has 28 heavy (non-hydrogen) atoms. The maximum absolute atomic E-state index is 11.2. The van der Waals surface area contributed by atoms with Gasteiger partial charge in [0.25, 0.3) is 10.1 Å². The zero-order chi connectivity index (χ0) is 20.3. The van der Waals surface area contributed by atoms with Crippen LogP contribution in [0.1, 0.15) is 6.42 Å². The van der Waals surface area contributed by atoms with Gasteiger partial charge in [0.1, 0.15) is 11.3 Å². The summed E-state index contributed by atoms with van der Waals surface area (Å²) in [7, 11) is -1.85. The topological polar surface area (TPSA) is 109 Å². The van der Waals surface area contributed by atoms with E-state index in [1.807, 2.05) is 28.8 Å². The molecular weight excluding hydrogens is 468 g/mol. The van der Waals surface area contributed by atoms with Crippen LogP contribution in [0.25, 0.3) is 11.0 Å². The zero-order valence-corrected chi connectivity index (χ0v) is 18.5. The van der Waals surface area contributed by atoms with Crippen molar-refractivity contribution in [1.82, 2.24) is 14.5 Å². The zero-order valence-electron chi connectivity index (χ0n) is 15.3. The van der Waals surface area contributed by atoms with Crippen LogP contribution in [-0.4, -0.2) is 42.9 Å². The highest BCUT2D eigenvalue weighted by Gasteiger charge is 2.16. The summed E-state index contributed by atoms with van der Waals surface area (Å²) in [6, 6.07) is 7.51. The van der Waals surface area contributed by atoms with Crippen LogP contribution in [0.5, 0.6) is 5.75 Å². The van der Waals surface area contributed by atoms with Gasteiger partial charge in [0.2, 0.25) is 0 Å². The van der Waals surface area contributed by atoms with Crippen molar-refractivity contribution >= 4 is 54.7 Å². The summed E-state index contributed by atoms with van der Waals surface area (Å²) in [6.07, 6.45) is 3.15. The standard InChI is InChI=1S/C17H19BrN4O4S2/c1-25-11-4-5-12(18)14(10-11)27-17-21-15-13(6-7-20-16(15)19)22(17)8-3-9-26-28(2,23)24/h4-7,10H,3,8-9H2,1-2H3,(H2,19,20). The van der Waals surface area contributed by atoms with Gasteiger partial charge in [-0.25, -0.2) is 9.97 Å². The number of pyridine rings is 1. The first-order valence-electron chi connectivity index (χ1n) is 8.25. The van der Waals surface area contributed by atoms with Gasteiger partial charge in [-0.15, -0.1) is 0 Å². The highest BCUT2D eigenvalue weighted by molar-refractivity contribution is 9.10. The van der Waals surface area contributed by atoms with Crippen molar-refractivity contribution in [2.45, 2.75) is 23.0 Å². The van der Waals surface area contributed by atoms with E-state index in [1.54, 1.807) is 13.3 Å². The molecule has 0 atom stereocenters. The number of nitrogen functional groups attached to an aromatic ring is 1. The molecule has 0 amide bonds. The Balaban J connectivity index is 1.93. The number of benzene rings is 1. The van der Waals surface area contributed by atoms with Crippen molar-refractivity contribution in [3.05, 3.63) is 34.9 Å². The molecular formula is C17H19BrN4O4S2. The minimum absolute atomic E-state index is 0.0893. The molecule has 8 nitrogen and oxygen atoms in total. The van der Waals surface area contributed by atoms with Crippen LogP contribution >= 0.6 is 27.7 Å². The summed E-state index contributed by atoms with van der Waals surface area (Å²) < 4.78 is 35.4. The molecule has 150 valence electrons. The number of methoxy groups -OCH3 is 1. The predicted octanol–water partition coefficient (Wildman–Crippen LogP) is 3.30. The van der Waals surface area contributed by atoms with Gasteiger partial charge in [0.05, 0.1) is 25.5 Å². The summed E-state index contributed by atoms with van der Waals surface area (Å²) in [4.78, 5) is 9.68. The van der Waals surface area contributed by atoms with Gasteiger partial charge in [-0.2, -0.15) is 8.42 Å². The number of nitrogens with two attached hydrogens (primary N) is 1. The van der Waals surface area contributed by atoms with Gasteiger partial charge in [-0.1, -0.05) is 11.8 Å². The average molecular weight is 487 g/mol. The van der Waals surface area contributed by atoms with Crippen LogP contribution in [0.2, 0.25) is 0 Å². The van der Waals surface area contributed by atoms with Crippen molar-refractivity contribution in [3.63, 3.8) is 0 Å². The Labute approximate surface area is 175 Å². The highest BCUT2D eigenvalue weighted by Crippen LogP contribution is 2.37. The molecule has 0 saturated heterocycles. The fourth-order valence-corrected chi connectivity index (χ4v) is 4.45. The second kappa shape index (κ2) is 8.68. The Morgan fingerprint density at radius 1 is 1.32 bits per heavy atom. The quantitative estimate of drug-likeness (QED) is 0.381. The average Bonchev–Trinajstić information content (AvgIpc) is 2.98. The van der Waals surface area contributed by atoms with E-state index in [2.05, 4.69) is 25.9 Å². The molecule has 0 unspecified atom stereocenters. The Bertz CT molecular complexity index is 1100. The van der Waals surface area contributed by atoms with Crippen LogP contribution < -0.4 is 10.5 Å². The second-order valence-corrected chi connectivity index (χ2v) is 9.40. The first-order chi connectivity index (χ1) is 13.3. The number of hydrogen-bond acceptors (Lipinski definition) is 8. The third-order valence-electron chi connectivity index (χ3n) is 3.82. The van der Waals surface area contributed by atoms with Crippen molar-refractivity contribution in [3.8, 4) is 5.75 Å². The van der Waals surface area contributed by atoms with E-state index in [4.69, 9.17) is 14.7 Å². The summed E-state index contributed by atoms with van der Waals surface area (Å²) >= 11 is 5.00. The summed E-state index contributed by atoms with van der Waals surface area (Å²) in [5.41, 5.74) is 7.42. The maximum Gasteiger partial charge on any atom is 0.264 e. The predicted molar refractivity (Wildman–Crippen MR) is 112 cm³/mol. The van der Waals surface area contributed by atoms with Crippen molar-refractivity contribution in [1.29, 1.82) is 0 Å².